The van der Waals surface area contributed by atoms with Crippen molar-refractivity contribution in [2.75, 3.05) is 4.90 Å². The number of benzene rings is 7. The first kappa shape index (κ1) is 31.4. The molecule has 2 nitrogen and oxygen atoms in total. The van der Waals surface area contributed by atoms with Crippen molar-refractivity contribution in [3.8, 4) is 33.4 Å². The average molecular weight is 682 g/mol. The first-order chi connectivity index (χ1) is 26.0. The van der Waals surface area contributed by atoms with E-state index in [9.17, 15) is 0 Å². The highest BCUT2D eigenvalue weighted by atomic mass is 16.3. The zero-order valence-corrected chi connectivity index (χ0v) is 30.0. The molecule has 0 amide bonds. The lowest BCUT2D eigenvalue weighted by Gasteiger charge is -2.29. The third-order valence-corrected chi connectivity index (χ3v) is 11.4. The van der Waals surface area contributed by atoms with Gasteiger partial charge in [0.05, 0.1) is 5.69 Å². The van der Waals surface area contributed by atoms with Crippen molar-refractivity contribution in [3.05, 3.63) is 204 Å². The highest BCUT2D eigenvalue weighted by Gasteiger charge is 2.36. The van der Waals surface area contributed by atoms with Crippen LogP contribution in [0.15, 0.2) is 180 Å². The number of allylic oxidation sites excluding steroid dienone is 1. The molecule has 0 aliphatic heterocycles. The fourth-order valence-electron chi connectivity index (χ4n) is 8.67. The van der Waals surface area contributed by atoms with Gasteiger partial charge in [-0.3, -0.25) is 0 Å². The van der Waals surface area contributed by atoms with Crippen LogP contribution >= 0.6 is 0 Å². The topological polar surface area (TPSA) is 16.4 Å². The molecule has 0 spiro atoms. The van der Waals surface area contributed by atoms with E-state index in [1.807, 2.05) is 0 Å². The number of nitrogens with zero attached hydrogens (tertiary/aromatic N) is 1. The summed E-state index contributed by atoms with van der Waals surface area (Å²) < 4.78 is 6.97. The predicted molar refractivity (Wildman–Crippen MR) is 221 cm³/mol. The Kier molecular flexibility index (Phi) is 7.33. The predicted octanol–water partition coefficient (Wildman–Crippen LogP) is 13.9. The number of furan rings is 1. The molecule has 53 heavy (non-hydrogen) atoms. The molecule has 0 N–H and O–H groups in total. The minimum atomic E-state index is -0.132. The Morgan fingerprint density at radius 3 is 1.89 bits per heavy atom. The number of anilines is 3. The van der Waals surface area contributed by atoms with Crippen molar-refractivity contribution >= 4 is 34.1 Å². The Hall–Kier alpha value is -6.38. The van der Waals surface area contributed by atoms with Crippen LogP contribution in [0.2, 0.25) is 0 Å². The highest BCUT2D eigenvalue weighted by Crippen LogP contribution is 2.52. The number of hydrogen-bond acceptors (Lipinski definition) is 2. The van der Waals surface area contributed by atoms with Gasteiger partial charge in [0.2, 0.25) is 0 Å². The summed E-state index contributed by atoms with van der Waals surface area (Å²) in [4.78, 5) is 2.41. The van der Waals surface area contributed by atoms with E-state index in [-0.39, 0.29) is 11.3 Å². The minimum Gasteiger partial charge on any atom is -0.454 e. The lowest BCUT2D eigenvalue weighted by Crippen LogP contribution is -2.16. The molecule has 7 aromatic carbocycles. The van der Waals surface area contributed by atoms with E-state index in [0.717, 1.165) is 34.8 Å². The summed E-state index contributed by atoms with van der Waals surface area (Å²) in [6.45, 7) is 4.70. The lowest BCUT2D eigenvalue weighted by molar-refractivity contribution is 0.592. The van der Waals surface area contributed by atoms with Crippen molar-refractivity contribution in [3.63, 3.8) is 0 Å². The molecule has 10 rings (SSSR count). The Labute approximate surface area is 311 Å². The van der Waals surface area contributed by atoms with Crippen LogP contribution in [0.5, 0.6) is 0 Å². The first-order valence-corrected chi connectivity index (χ1v) is 18.6. The van der Waals surface area contributed by atoms with E-state index in [1.54, 1.807) is 0 Å². The Morgan fingerprint density at radius 1 is 0.547 bits per heavy atom. The Morgan fingerprint density at radius 2 is 1.15 bits per heavy atom. The van der Waals surface area contributed by atoms with Gasteiger partial charge in [-0.05, 0) is 99.0 Å². The summed E-state index contributed by atoms with van der Waals surface area (Å²) in [6, 6.07) is 61.7. The molecule has 2 aliphatic carbocycles. The molecule has 2 heteroatoms. The molecule has 2 aliphatic rings. The summed E-state index contributed by atoms with van der Waals surface area (Å²) in [5.41, 5.74) is 16.7. The largest absolute Gasteiger partial charge is 0.454 e. The highest BCUT2D eigenvalue weighted by molar-refractivity contribution is 6.02. The third kappa shape index (κ3) is 5.25. The summed E-state index contributed by atoms with van der Waals surface area (Å²) in [5, 5.41) is 1.17. The zero-order valence-electron chi connectivity index (χ0n) is 30.0. The van der Waals surface area contributed by atoms with Gasteiger partial charge < -0.3 is 9.32 Å². The maximum absolute atomic E-state index is 6.97. The normalized spacial score (nSPS) is 15.2. The van der Waals surface area contributed by atoms with Crippen molar-refractivity contribution in [2.24, 2.45) is 0 Å². The van der Waals surface area contributed by atoms with E-state index in [2.05, 4.69) is 201 Å². The van der Waals surface area contributed by atoms with Gasteiger partial charge in [0, 0.05) is 33.7 Å². The van der Waals surface area contributed by atoms with E-state index in [0.29, 0.717) is 0 Å². The average Bonchev–Trinajstić information content (AvgIpc) is 3.70. The Bertz CT molecular complexity index is 2650. The molecule has 0 saturated carbocycles. The summed E-state index contributed by atoms with van der Waals surface area (Å²) >= 11 is 0. The molecular weight excluding hydrogens is 643 g/mol. The van der Waals surface area contributed by atoms with Crippen LogP contribution in [0, 0.1) is 0 Å². The quantitative estimate of drug-likeness (QED) is 0.174. The monoisotopic (exact) mass is 681 g/mol. The molecule has 0 saturated heterocycles. The van der Waals surface area contributed by atoms with Crippen LogP contribution in [0.3, 0.4) is 0 Å². The van der Waals surface area contributed by atoms with Gasteiger partial charge >= 0.3 is 0 Å². The molecule has 0 bridgehead atoms. The Balaban J connectivity index is 1.20. The van der Waals surface area contributed by atoms with E-state index < -0.39 is 0 Å². The smallest absolute Gasteiger partial charge is 0.159 e. The first-order valence-electron chi connectivity index (χ1n) is 18.6. The van der Waals surface area contributed by atoms with E-state index in [1.165, 1.54) is 61.0 Å². The van der Waals surface area contributed by atoms with Crippen molar-refractivity contribution in [1.29, 1.82) is 0 Å². The minimum absolute atomic E-state index is 0.132. The third-order valence-electron chi connectivity index (χ3n) is 11.4. The van der Waals surface area contributed by atoms with Crippen LogP contribution in [-0.2, 0) is 11.8 Å². The molecule has 1 heterocycles. The van der Waals surface area contributed by atoms with Gasteiger partial charge in [0.25, 0.3) is 0 Å². The summed E-state index contributed by atoms with van der Waals surface area (Å²) in [6.07, 6.45) is 5.38. The van der Waals surface area contributed by atoms with Crippen LogP contribution in [0.4, 0.5) is 17.1 Å². The van der Waals surface area contributed by atoms with E-state index in [4.69, 9.17) is 4.42 Å². The van der Waals surface area contributed by atoms with Crippen LogP contribution in [0.1, 0.15) is 47.8 Å². The van der Waals surface area contributed by atoms with Gasteiger partial charge in [0.15, 0.2) is 5.58 Å². The second-order valence-electron chi connectivity index (χ2n) is 14.9. The standard InChI is InChI=1S/C51H39NO/c1-51(2)46-21-13-12-20-42(46)43-28-27-41(33-47(43)51)52(40-25-22-37(23-26-40)34-14-6-3-7-15-34)48-32-39(36-18-10-5-11-19-36)31-45-44-30-38(35-16-8-4-9-17-35)24-29-49(44)53-50(45)48/h3-29,31-33,38H,30H2,1-2H3. The molecule has 0 radical (unpaired) electrons. The maximum atomic E-state index is 6.97. The summed E-state index contributed by atoms with van der Waals surface area (Å²) in [5.74, 6) is 1.24. The van der Waals surface area contributed by atoms with Gasteiger partial charge in [0.1, 0.15) is 5.76 Å². The van der Waals surface area contributed by atoms with Gasteiger partial charge in [-0.25, -0.2) is 0 Å². The second kappa shape index (κ2) is 12.4. The number of hydrogen-bond donors (Lipinski definition) is 0. The molecule has 1 unspecified atom stereocenters. The maximum Gasteiger partial charge on any atom is 0.159 e. The second-order valence-corrected chi connectivity index (χ2v) is 14.9. The van der Waals surface area contributed by atoms with Crippen molar-refractivity contribution < 1.29 is 4.42 Å². The lowest BCUT2D eigenvalue weighted by atomic mass is 9.82. The molecule has 1 aromatic heterocycles. The van der Waals surface area contributed by atoms with Crippen LogP contribution in [0.25, 0.3) is 50.4 Å². The van der Waals surface area contributed by atoms with Gasteiger partial charge in [-0.2, -0.15) is 0 Å². The molecule has 0 fully saturated rings. The molecule has 1 atom stereocenters. The van der Waals surface area contributed by atoms with E-state index >= 15 is 0 Å². The van der Waals surface area contributed by atoms with Crippen molar-refractivity contribution in [2.45, 2.75) is 31.6 Å². The SMILES string of the molecule is CC1(C)c2ccccc2-c2ccc(N(c3ccc(-c4ccccc4)cc3)c3cc(-c4ccccc4)cc4c5c(oc34)C=CC(c3ccccc3)C5)cc21. The fourth-order valence-corrected chi connectivity index (χ4v) is 8.67. The van der Waals surface area contributed by atoms with Crippen LogP contribution < -0.4 is 4.90 Å². The number of fused-ring (bicyclic) bond motifs is 6. The van der Waals surface area contributed by atoms with Crippen molar-refractivity contribution in [1.82, 2.24) is 0 Å². The van der Waals surface area contributed by atoms with Gasteiger partial charge in [-0.15, -0.1) is 0 Å². The molecular formula is C51H39NO. The summed E-state index contributed by atoms with van der Waals surface area (Å²) in [7, 11) is 0. The molecule has 8 aromatic rings. The van der Waals surface area contributed by atoms with Gasteiger partial charge in [-0.1, -0.05) is 153 Å². The number of rotatable bonds is 6. The zero-order chi connectivity index (χ0) is 35.5. The molecule has 254 valence electrons. The fraction of sp³-hybridized carbons (Fsp3) is 0.0980. The van der Waals surface area contributed by atoms with Crippen LogP contribution in [-0.4, -0.2) is 0 Å².